The summed E-state index contributed by atoms with van der Waals surface area (Å²) in [5.74, 6) is 0. The van der Waals surface area contributed by atoms with Crippen LogP contribution in [0.2, 0.25) is 0 Å². The van der Waals surface area contributed by atoms with E-state index in [1.165, 1.54) is 25.7 Å². The first-order chi connectivity index (χ1) is 11.1. The van der Waals surface area contributed by atoms with Crippen LogP contribution < -0.4 is 34.5 Å². The van der Waals surface area contributed by atoms with E-state index >= 15 is 0 Å². The summed E-state index contributed by atoms with van der Waals surface area (Å²) in [6, 6.07) is 0. The van der Waals surface area contributed by atoms with Gasteiger partial charge < -0.3 is 18.9 Å². The summed E-state index contributed by atoms with van der Waals surface area (Å²) in [6.45, 7) is 9.48. The molecule has 0 spiro atoms. The van der Waals surface area contributed by atoms with Gasteiger partial charge in [-0.25, -0.2) is 0 Å². The minimum Gasteiger partial charge on any atom is -0.778 e. The Balaban J connectivity index is 0. The molecule has 0 radical (unpaired) electrons. The molecule has 0 heterocycles. The van der Waals surface area contributed by atoms with Gasteiger partial charge in [0, 0.05) is 12.7 Å². The monoisotopic (exact) mass is 371 g/mol. The minimum absolute atomic E-state index is 0. The van der Waals surface area contributed by atoms with Gasteiger partial charge in [-0.1, -0.05) is 65.7 Å². The fraction of sp³-hybridized carbons (Fsp3) is 1.00. The Morgan fingerprint density at radius 3 is 1.83 bits per heavy atom. The zero-order valence-corrected chi connectivity index (χ0v) is 19.6. The third kappa shape index (κ3) is 17.9. The van der Waals surface area contributed by atoms with E-state index in [1.54, 1.807) is 0 Å². The molecule has 0 aliphatic rings. The van der Waals surface area contributed by atoms with Crippen LogP contribution >= 0.6 is 7.60 Å². The Bertz CT molecular complexity index is 298. The van der Waals surface area contributed by atoms with Crippen molar-refractivity contribution in [3.05, 3.63) is 0 Å². The second-order valence-corrected chi connectivity index (χ2v) is 8.41. The van der Waals surface area contributed by atoms with E-state index in [0.29, 0.717) is 13.2 Å². The number of rotatable bonds is 17. The Hall–Kier alpha value is 1.11. The molecule has 0 bridgehead atoms. The van der Waals surface area contributed by atoms with E-state index in [-0.39, 0.29) is 35.7 Å². The molecule has 4 nitrogen and oxygen atoms in total. The van der Waals surface area contributed by atoms with Crippen molar-refractivity contribution in [2.45, 2.75) is 85.0 Å². The Morgan fingerprint density at radius 1 is 0.792 bits per heavy atom. The van der Waals surface area contributed by atoms with E-state index in [2.05, 4.69) is 25.7 Å². The molecule has 0 aliphatic heterocycles. The molecule has 0 aliphatic carbocycles. The summed E-state index contributed by atoms with van der Waals surface area (Å²) in [4.78, 5) is 14.3. The van der Waals surface area contributed by atoms with E-state index in [4.69, 9.17) is 4.52 Å². The van der Waals surface area contributed by atoms with E-state index in [9.17, 15) is 9.46 Å². The van der Waals surface area contributed by atoms with Gasteiger partial charge >= 0.3 is 29.6 Å². The molecule has 0 aromatic rings. The molecule has 6 heteroatoms. The van der Waals surface area contributed by atoms with Crippen molar-refractivity contribution in [3.8, 4) is 0 Å². The largest absolute Gasteiger partial charge is 1.00 e. The zero-order chi connectivity index (χ0) is 17.4. The van der Waals surface area contributed by atoms with Crippen LogP contribution in [-0.2, 0) is 9.09 Å². The molecule has 140 valence electrons. The topological polar surface area (TPSA) is 52.6 Å². The van der Waals surface area contributed by atoms with Crippen LogP contribution in [-0.4, -0.2) is 37.3 Å². The second kappa shape index (κ2) is 18.9. The number of unbranched alkanes of at least 4 members (excludes halogenated alkanes) is 7. The molecule has 0 rings (SSSR count). The van der Waals surface area contributed by atoms with E-state index < -0.39 is 7.60 Å². The molecule has 0 aromatic heterocycles. The molecular formula is C18H39NNaO3P. The first-order valence-corrected chi connectivity index (χ1v) is 11.5. The summed E-state index contributed by atoms with van der Waals surface area (Å²) in [5.41, 5.74) is 0. The van der Waals surface area contributed by atoms with Crippen LogP contribution in [0.4, 0.5) is 0 Å². The molecular weight excluding hydrogens is 332 g/mol. The quantitative estimate of drug-likeness (QED) is 0.222. The van der Waals surface area contributed by atoms with Gasteiger partial charge in [-0.05, 0) is 32.4 Å². The normalized spacial score (nSPS) is 13.7. The Morgan fingerprint density at radius 2 is 1.29 bits per heavy atom. The zero-order valence-electron chi connectivity index (χ0n) is 16.7. The van der Waals surface area contributed by atoms with Crippen molar-refractivity contribution in [2.24, 2.45) is 0 Å². The fourth-order valence-corrected chi connectivity index (χ4v) is 3.58. The van der Waals surface area contributed by atoms with Gasteiger partial charge in [0.15, 0.2) is 0 Å². The summed E-state index contributed by atoms with van der Waals surface area (Å²) in [5, 5.41) is 0. The molecule has 1 unspecified atom stereocenters. The molecule has 0 amide bonds. The van der Waals surface area contributed by atoms with Crippen molar-refractivity contribution in [1.82, 2.24) is 4.90 Å². The van der Waals surface area contributed by atoms with Crippen molar-refractivity contribution >= 4 is 7.60 Å². The molecule has 0 saturated heterocycles. The third-order valence-electron chi connectivity index (χ3n) is 4.13. The van der Waals surface area contributed by atoms with Gasteiger partial charge in [0.05, 0.1) is 6.61 Å². The minimum atomic E-state index is -3.66. The van der Waals surface area contributed by atoms with Crippen LogP contribution in [0.3, 0.4) is 0 Å². The molecule has 0 N–H and O–H groups in total. The van der Waals surface area contributed by atoms with Gasteiger partial charge in [0.1, 0.15) is 7.60 Å². The standard InChI is InChI=1S/C18H40NO3P.Na/c1-4-7-10-11-12-13-17-22-23(20,21)18-16-19(14-8-5-2)15-9-6-3;/h4-18H2,1-3H3,(H,20,21);/q;+1/p-1. The Kier molecular flexibility index (Phi) is 21.5. The maximum absolute atomic E-state index is 12.0. The van der Waals surface area contributed by atoms with Gasteiger partial charge in [-0.2, -0.15) is 0 Å². The van der Waals surface area contributed by atoms with E-state index in [1.807, 2.05) is 0 Å². The second-order valence-electron chi connectivity index (χ2n) is 6.48. The van der Waals surface area contributed by atoms with Gasteiger partial charge in [0.2, 0.25) is 0 Å². The smallest absolute Gasteiger partial charge is 0.778 e. The van der Waals surface area contributed by atoms with Crippen LogP contribution in [0.15, 0.2) is 0 Å². The van der Waals surface area contributed by atoms with Crippen LogP contribution in [0.25, 0.3) is 0 Å². The molecule has 24 heavy (non-hydrogen) atoms. The van der Waals surface area contributed by atoms with Gasteiger partial charge in [-0.15, -0.1) is 0 Å². The van der Waals surface area contributed by atoms with Gasteiger partial charge in [-0.3, -0.25) is 0 Å². The molecule has 0 fully saturated rings. The summed E-state index contributed by atoms with van der Waals surface area (Å²) in [7, 11) is -3.66. The first-order valence-electron chi connectivity index (χ1n) is 9.72. The number of nitrogens with zero attached hydrogens (tertiary/aromatic N) is 1. The average molecular weight is 371 g/mol. The fourth-order valence-electron chi connectivity index (χ4n) is 2.51. The first kappa shape index (κ1) is 27.3. The predicted octanol–water partition coefficient (Wildman–Crippen LogP) is 1.82. The van der Waals surface area contributed by atoms with Crippen molar-refractivity contribution < 1.29 is 43.5 Å². The molecule has 1 atom stereocenters. The van der Waals surface area contributed by atoms with E-state index in [0.717, 1.165) is 51.6 Å². The van der Waals surface area contributed by atoms with Crippen molar-refractivity contribution in [1.29, 1.82) is 0 Å². The van der Waals surface area contributed by atoms with Crippen LogP contribution in [0, 0.1) is 0 Å². The molecule has 0 aromatic carbocycles. The summed E-state index contributed by atoms with van der Waals surface area (Å²) < 4.78 is 17.2. The predicted molar refractivity (Wildman–Crippen MR) is 98.1 cm³/mol. The van der Waals surface area contributed by atoms with Crippen LogP contribution in [0.5, 0.6) is 0 Å². The summed E-state index contributed by atoms with van der Waals surface area (Å²) in [6.07, 6.45) is 11.6. The van der Waals surface area contributed by atoms with Crippen molar-refractivity contribution in [2.75, 3.05) is 32.4 Å². The van der Waals surface area contributed by atoms with Crippen molar-refractivity contribution in [3.63, 3.8) is 0 Å². The van der Waals surface area contributed by atoms with Gasteiger partial charge in [0.25, 0.3) is 0 Å². The maximum Gasteiger partial charge on any atom is 1.00 e. The maximum atomic E-state index is 12.0. The molecule has 0 saturated carbocycles. The third-order valence-corrected chi connectivity index (χ3v) is 5.46. The number of hydrogen-bond acceptors (Lipinski definition) is 4. The SMILES string of the molecule is CCCCCCCCOP(=O)([O-])CCN(CCCC)CCCC.[Na+]. The van der Waals surface area contributed by atoms with Crippen LogP contribution in [0.1, 0.15) is 85.0 Å². The average Bonchev–Trinajstić information content (AvgIpc) is 2.53. The summed E-state index contributed by atoms with van der Waals surface area (Å²) >= 11 is 0. The number of hydrogen-bond donors (Lipinski definition) is 0. The Labute approximate surface area is 172 Å².